The van der Waals surface area contributed by atoms with E-state index in [2.05, 4.69) is 0 Å². The topological polar surface area (TPSA) is 280 Å². The molecule has 0 aromatic heterocycles. The van der Waals surface area contributed by atoms with Gasteiger partial charge in [-0.25, -0.2) is 0 Å². The van der Waals surface area contributed by atoms with Crippen molar-refractivity contribution >= 4 is 0 Å². The Morgan fingerprint density at radius 1 is 0.484 bits per heavy atom. The zero-order valence-corrected chi connectivity index (χ0v) is 32.5. The summed E-state index contributed by atoms with van der Waals surface area (Å²) < 4.78 is 24.8. The third kappa shape index (κ3) is 6.43. The van der Waals surface area contributed by atoms with Gasteiger partial charge in [0, 0.05) is 58.2 Å². The summed E-state index contributed by atoms with van der Waals surface area (Å²) in [7, 11) is 1.37. The van der Waals surface area contributed by atoms with Crippen LogP contribution in [0.4, 0.5) is 0 Å². The van der Waals surface area contributed by atoms with E-state index < -0.39 is 83.0 Å². The molecule has 0 saturated heterocycles. The Bertz CT molecular complexity index is 2750. The normalized spacial score (nSPS) is 23.7. The van der Waals surface area contributed by atoms with E-state index in [1.807, 2.05) is 0 Å². The lowest BCUT2D eigenvalue weighted by molar-refractivity contribution is -0.00866. The Hall–Kier alpha value is -7.40. The second-order valence-electron chi connectivity index (χ2n) is 15.5. The van der Waals surface area contributed by atoms with Gasteiger partial charge >= 0.3 is 0 Å². The van der Waals surface area contributed by atoms with Crippen molar-refractivity contribution in [1.82, 2.24) is 0 Å². The van der Waals surface area contributed by atoms with Crippen LogP contribution >= 0.6 is 0 Å². The minimum absolute atomic E-state index is 0.00197. The second-order valence-corrected chi connectivity index (χ2v) is 15.5. The van der Waals surface area contributed by atoms with E-state index in [1.165, 1.54) is 79.9 Å². The molecule has 0 bridgehead atoms. The van der Waals surface area contributed by atoms with Crippen molar-refractivity contribution in [1.29, 1.82) is 0 Å². The van der Waals surface area contributed by atoms with Crippen LogP contribution in [-0.4, -0.2) is 86.7 Å². The SMILES string of the molecule is COc1ccc([C@H]2Oc3c(c(O)c([C@H]4c5ccc(O)cc5O[C@H](c5ccc(O)c(O)c5)[C@H]4O)c4c3[C@@H](c3ccc(O)cc3O)[C@H](O)[C@H](c3ccc(O)c(O)c3)O4)C[C@@H]2O)cc1O. The summed E-state index contributed by atoms with van der Waals surface area (Å²) in [6.07, 6.45) is -9.01. The zero-order valence-electron chi connectivity index (χ0n) is 32.5. The Balaban J connectivity index is 1.35. The largest absolute Gasteiger partial charge is 0.508 e. The monoisotopic (exact) mass is 848 g/mol. The van der Waals surface area contributed by atoms with Crippen LogP contribution in [0.3, 0.4) is 0 Å². The first-order chi connectivity index (χ1) is 29.6. The summed E-state index contributed by atoms with van der Waals surface area (Å²) in [6, 6.07) is 19.7. The Morgan fingerprint density at radius 2 is 1.02 bits per heavy atom. The lowest BCUT2D eigenvalue weighted by Gasteiger charge is -2.44. The highest BCUT2D eigenvalue weighted by atomic mass is 16.5. The van der Waals surface area contributed by atoms with Crippen LogP contribution in [0.25, 0.3) is 0 Å². The Morgan fingerprint density at radius 3 is 1.61 bits per heavy atom. The highest BCUT2D eigenvalue weighted by molar-refractivity contribution is 5.71. The number of aliphatic hydroxyl groups is 3. The van der Waals surface area contributed by atoms with E-state index in [9.17, 15) is 61.3 Å². The van der Waals surface area contributed by atoms with Crippen molar-refractivity contribution in [2.45, 2.75) is 54.9 Å². The second kappa shape index (κ2) is 14.9. The number of phenolic OH excluding ortho intramolecular Hbond substituents is 9. The smallest absolute Gasteiger partial charge is 0.160 e. The van der Waals surface area contributed by atoms with Gasteiger partial charge in [0.05, 0.1) is 13.2 Å². The van der Waals surface area contributed by atoms with Gasteiger partial charge in [-0.2, -0.15) is 0 Å². The Kier molecular flexibility index (Phi) is 9.65. The van der Waals surface area contributed by atoms with Gasteiger partial charge in [-0.15, -0.1) is 0 Å². The van der Waals surface area contributed by atoms with Gasteiger partial charge in [-0.1, -0.05) is 30.3 Å². The number of aromatic hydroxyl groups is 9. The summed E-state index contributed by atoms with van der Waals surface area (Å²) in [5.41, 5.74) is 0.779. The summed E-state index contributed by atoms with van der Waals surface area (Å²) in [5.74, 6) is -6.58. The highest BCUT2D eigenvalue weighted by Gasteiger charge is 2.51. The van der Waals surface area contributed by atoms with Crippen LogP contribution in [0.1, 0.15) is 74.7 Å². The van der Waals surface area contributed by atoms with Gasteiger partial charge < -0.3 is 80.2 Å². The standard InChI is InChI=1S/C46H40O16/c1-59-33-11-4-18(14-31(33)54)42-32(55)17-25-39(56)37(36-24-8-6-22(48)16-34(24)60-43(41(36)58)19-2-9-26(49)29(52)12-19)46-38(45(25)61-42)35(23-7-5-21(47)15-28(23)51)40(57)44(62-46)20-3-10-27(50)30(53)13-20/h2-16,32,35-36,40-44,47-58H,17H2,1H3/t32-,35+,36+,40-,41-,42+,43+,44-/m0/s1. The molecule has 0 saturated carbocycles. The van der Waals surface area contributed by atoms with E-state index in [-0.39, 0.29) is 85.6 Å². The molecule has 0 aliphatic carbocycles. The van der Waals surface area contributed by atoms with E-state index >= 15 is 0 Å². The third-order valence-corrected chi connectivity index (χ3v) is 11.8. The van der Waals surface area contributed by atoms with Gasteiger partial charge in [0.15, 0.2) is 46.7 Å². The predicted octanol–water partition coefficient (Wildman–Crippen LogP) is 5.34. The van der Waals surface area contributed by atoms with Crippen LogP contribution in [0.2, 0.25) is 0 Å². The van der Waals surface area contributed by atoms with E-state index in [1.54, 1.807) is 6.07 Å². The highest BCUT2D eigenvalue weighted by Crippen LogP contribution is 2.62. The summed E-state index contributed by atoms with van der Waals surface area (Å²) >= 11 is 0. The molecule has 0 radical (unpaired) electrons. The molecule has 8 atom stereocenters. The van der Waals surface area contributed by atoms with Crippen LogP contribution in [0, 0.1) is 0 Å². The molecule has 62 heavy (non-hydrogen) atoms. The maximum atomic E-state index is 12.7. The predicted molar refractivity (Wildman–Crippen MR) is 216 cm³/mol. The average molecular weight is 849 g/mol. The van der Waals surface area contributed by atoms with Crippen LogP contribution in [0.5, 0.6) is 74.7 Å². The minimum Gasteiger partial charge on any atom is -0.508 e. The van der Waals surface area contributed by atoms with Crippen molar-refractivity contribution in [2.24, 2.45) is 0 Å². The van der Waals surface area contributed by atoms with Crippen molar-refractivity contribution in [3.8, 4) is 74.7 Å². The number of aliphatic hydroxyl groups excluding tert-OH is 3. The van der Waals surface area contributed by atoms with Crippen LogP contribution < -0.4 is 18.9 Å². The maximum absolute atomic E-state index is 12.7. The fourth-order valence-electron chi connectivity index (χ4n) is 8.92. The molecule has 12 N–H and O–H groups in total. The van der Waals surface area contributed by atoms with Gasteiger partial charge in [-0.3, -0.25) is 0 Å². The number of fused-ring (bicyclic) bond motifs is 4. The number of hydrogen-bond donors (Lipinski definition) is 12. The average Bonchev–Trinajstić information content (AvgIpc) is 3.23. The van der Waals surface area contributed by atoms with E-state index in [0.717, 1.165) is 12.1 Å². The molecule has 16 heteroatoms. The molecule has 0 unspecified atom stereocenters. The number of rotatable bonds is 6. The fourth-order valence-corrected chi connectivity index (χ4v) is 8.92. The first-order valence-electron chi connectivity index (χ1n) is 19.4. The molecule has 0 spiro atoms. The maximum Gasteiger partial charge on any atom is 0.160 e. The lowest BCUT2D eigenvalue weighted by atomic mass is 9.72. The minimum atomic E-state index is -1.67. The molecular formula is C46H40O16. The lowest BCUT2D eigenvalue weighted by Crippen LogP contribution is -2.40. The molecule has 3 aliphatic rings. The number of hydrogen-bond acceptors (Lipinski definition) is 16. The van der Waals surface area contributed by atoms with Crippen molar-refractivity contribution < 1.29 is 80.2 Å². The zero-order chi connectivity index (χ0) is 43.9. The number of methoxy groups -OCH3 is 1. The molecule has 0 amide bonds. The molecule has 3 aliphatic heterocycles. The third-order valence-electron chi connectivity index (χ3n) is 11.8. The summed E-state index contributed by atoms with van der Waals surface area (Å²) in [6.45, 7) is 0. The molecular weight excluding hydrogens is 808 g/mol. The number of ether oxygens (including phenoxy) is 4. The van der Waals surface area contributed by atoms with E-state index in [0.29, 0.717) is 5.56 Å². The van der Waals surface area contributed by atoms with Crippen LogP contribution in [0.15, 0.2) is 91.0 Å². The first kappa shape index (κ1) is 40.0. The van der Waals surface area contributed by atoms with Crippen molar-refractivity contribution in [2.75, 3.05) is 7.11 Å². The number of benzene rings is 6. The molecule has 3 heterocycles. The van der Waals surface area contributed by atoms with Gasteiger partial charge in [-0.05, 0) is 65.2 Å². The first-order valence-corrected chi connectivity index (χ1v) is 19.4. The Labute approximate surface area is 351 Å². The molecule has 0 fully saturated rings. The molecule has 6 aromatic carbocycles. The van der Waals surface area contributed by atoms with E-state index in [4.69, 9.17) is 18.9 Å². The molecule has 16 nitrogen and oxygen atoms in total. The fraction of sp³-hybridized carbons (Fsp3) is 0.217. The number of phenols is 9. The van der Waals surface area contributed by atoms with Crippen molar-refractivity contribution in [3.63, 3.8) is 0 Å². The summed E-state index contributed by atoms with van der Waals surface area (Å²) in [4.78, 5) is 0. The molecule has 6 aromatic rings. The molecule has 9 rings (SSSR count). The summed E-state index contributed by atoms with van der Waals surface area (Å²) in [5, 5.41) is 134. The van der Waals surface area contributed by atoms with Gasteiger partial charge in [0.2, 0.25) is 0 Å². The van der Waals surface area contributed by atoms with Gasteiger partial charge in [0.25, 0.3) is 0 Å². The quantitative estimate of drug-likeness (QED) is 0.0943. The van der Waals surface area contributed by atoms with Gasteiger partial charge in [0.1, 0.15) is 58.6 Å². The van der Waals surface area contributed by atoms with Crippen molar-refractivity contribution in [3.05, 3.63) is 136 Å². The van der Waals surface area contributed by atoms with Crippen LogP contribution in [-0.2, 0) is 6.42 Å². The molecule has 320 valence electrons.